The predicted molar refractivity (Wildman–Crippen MR) is 354 cm³/mol. The van der Waals surface area contributed by atoms with Crippen LogP contribution in [-0.2, 0) is 54.1 Å². The Morgan fingerprint density at radius 3 is 1.81 bits per heavy atom. The van der Waals surface area contributed by atoms with E-state index in [9.17, 15) is 85.6 Å². The van der Waals surface area contributed by atoms with Gasteiger partial charge in [-0.1, -0.05) is 116 Å². The molecule has 1 radical (unpaired) electrons. The molecule has 0 aromatic heterocycles. The normalized spacial score (nSPS) is 30.3. The molecule has 5 aliphatic rings. The van der Waals surface area contributed by atoms with Crippen LogP contribution >= 0.6 is 0 Å². The first kappa shape index (κ1) is 77.9. The highest BCUT2D eigenvalue weighted by Crippen LogP contribution is 2.33. The molecule has 0 spiro atoms. The highest BCUT2D eigenvalue weighted by Gasteiger charge is 2.54. The number of rotatable bonds is 31. The van der Waals surface area contributed by atoms with Crippen LogP contribution in [0, 0.1) is 10.8 Å². The van der Waals surface area contributed by atoms with E-state index in [-0.39, 0.29) is 37.0 Å². The number of aliphatic hydroxyl groups excluding tert-OH is 13. The summed E-state index contributed by atoms with van der Waals surface area (Å²) in [6, 6.07) is 21.0. The van der Waals surface area contributed by atoms with Gasteiger partial charge >= 0.3 is 0 Å². The Labute approximate surface area is 584 Å². The molecule has 5 heterocycles. The zero-order valence-corrected chi connectivity index (χ0v) is 55.0. The Bertz CT molecular complexity index is 3430. The second kappa shape index (κ2) is 35.8. The van der Waals surface area contributed by atoms with E-state index in [1.165, 1.54) is 30.6 Å². The van der Waals surface area contributed by atoms with Gasteiger partial charge in [0.05, 0.1) is 51.2 Å². The van der Waals surface area contributed by atoms with Gasteiger partial charge in [-0.3, -0.25) is 34.8 Å². The van der Waals surface area contributed by atoms with Crippen molar-refractivity contribution in [2.45, 2.75) is 166 Å². The summed E-state index contributed by atoms with van der Waals surface area (Å²) in [6.07, 6.45) is -28.1. The molecule has 0 aliphatic carbocycles. The molecule has 0 bridgehead atoms. The first-order valence-corrected chi connectivity index (χ1v) is 32.9. The summed E-state index contributed by atoms with van der Waals surface area (Å²) in [7, 11) is 0. The van der Waals surface area contributed by atoms with Gasteiger partial charge in [-0.05, 0) is 40.0 Å². The number of nitrogens with zero attached hydrogens (tertiary/aromatic N) is 1. The molecule has 4 aromatic carbocycles. The fraction of sp³-hybridized carbons (Fsp3) is 0.507. The third-order valence-electron chi connectivity index (χ3n) is 18.4. The van der Waals surface area contributed by atoms with Gasteiger partial charge in [0.25, 0.3) is 0 Å². The molecule has 102 heavy (non-hydrogen) atoms. The Morgan fingerprint density at radius 1 is 0.647 bits per heavy atom. The lowest BCUT2D eigenvalue weighted by molar-refractivity contribution is -0.353. The fourth-order valence-electron chi connectivity index (χ4n) is 12.5. The maximum Gasteiger partial charge on any atom is 0.246 e. The maximum atomic E-state index is 15.0. The monoisotopic (exact) mass is 1430 g/mol. The van der Waals surface area contributed by atoms with Crippen LogP contribution in [0.5, 0.6) is 5.75 Å². The predicted octanol–water partition coefficient (Wildman–Crippen LogP) is -8.21. The summed E-state index contributed by atoms with van der Waals surface area (Å²) in [5, 5.41) is 177. The van der Waals surface area contributed by atoms with Crippen LogP contribution < -0.4 is 47.7 Å². The van der Waals surface area contributed by atoms with Crippen LogP contribution in [0.4, 0.5) is 0 Å². The van der Waals surface area contributed by atoms with Crippen molar-refractivity contribution in [1.82, 2.24) is 42.1 Å². The van der Waals surface area contributed by atoms with Crippen molar-refractivity contribution in [2.24, 2.45) is 5.73 Å². The number of ether oxygens (including phenoxy) is 6. The zero-order chi connectivity index (χ0) is 73.6. The number of benzene rings is 4. The molecule has 25 atom stereocenters. The van der Waals surface area contributed by atoms with Crippen molar-refractivity contribution in [3.63, 3.8) is 0 Å². The fourth-order valence-corrected chi connectivity index (χ4v) is 12.5. The van der Waals surface area contributed by atoms with Gasteiger partial charge in [0.15, 0.2) is 24.4 Å². The molecule has 4 amide bonds. The number of nitrogens with one attached hydrogen (secondary N) is 9. The summed E-state index contributed by atoms with van der Waals surface area (Å²) >= 11 is 0. The van der Waals surface area contributed by atoms with Crippen LogP contribution in [-0.4, -0.2) is 306 Å². The average molecular weight is 1430 g/mol. The lowest BCUT2D eigenvalue weighted by Gasteiger charge is -2.46. The molecule has 5 aliphatic heterocycles. The number of carbonyl (C=O) groups is 4. The first-order chi connectivity index (χ1) is 48.9. The summed E-state index contributed by atoms with van der Waals surface area (Å²) in [5.74, 6) is -6.54. The Kier molecular flexibility index (Phi) is 27.3. The topological polar surface area (TPSA) is 565 Å². The molecule has 5 saturated heterocycles. The molecule has 555 valence electrons. The SMILES string of the molecule is CC(c1ccccc1)[C@H](N)C(=O)N[C@@H](Cc1ccc(OC2OC(CO)C(OC3OC(COCC=C(c4ccccc4)c4ccccc4)C(O)C(O)C3O)C(O)C2O)cc1)C(=O)N[C@H](C(=O)N[C@H](C(=O)N[C@H]([C]=O)CO)C(O)C1CNC(=N)N1C1OC(CO)C(O)C(O)C1O)C(O)C1CNC(=N)N1. The van der Waals surface area contributed by atoms with Crippen LogP contribution in [0.15, 0.2) is 121 Å². The van der Waals surface area contributed by atoms with Gasteiger partial charge < -0.3 is 143 Å². The molecule has 24 N–H and O–H groups in total. The molecular formula is C67H88N11O24. The van der Waals surface area contributed by atoms with Gasteiger partial charge in [0, 0.05) is 25.4 Å². The Balaban J connectivity index is 0.915. The minimum Gasteiger partial charge on any atom is -0.462 e. The van der Waals surface area contributed by atoms with E-state index < -0.39 is 215 Å². The largest absolute Gasteiger partial charge is 0.462 e. The van der Waals surface area contributed by atoms with Crippen LogP contribution in [0.3, 0.4) is 0 Å². The summed E-state index contributed by atoms with van der Waals surface area (Å²) < 4.78 is 35.2. The van der Waals surface area contributed by atoms with Crippen molar-refractivity contribution in [1.29, 1.82) is 10.8 Å². The van der Waals surface area contributed by atoms with E-state index >= 15 is 4.79 Å². The second-order valence-electron chi connectivity index (χ2n) is 25.2. The number of nitrogens with two attached hydrogens (primary N) is 1. The number of hydrogen-bond acceptors (Lipinski definition) is 27. The van der Waals surface area contributed by atoms with Crippen LogP contribution in [0.2, 0.25) is 0 Å². The molecular weight excluding hydrogens is 1340 g/mol. The van der Waals surface area contributed by atoms with E-state index in [1.807, 2.05) is 66.7 Å². The highest BCUT2D eigenvalue weighted by atomic mass is 16.7. The lowest BCUT2D eigenvalue weighted by Crippen LogP contribution is -2.69. The molecule has 35 nitrogen and oxygen atoms in total. The van der Waals surface area contributed by atoms with Gasteiger partial charge in [-0.15, -0.1) is 0 Å². The molecule has 0 saturated carbocycles. The van der Waals surface area contributed by atoms with Crippen LogP contribution in [0.1, 0.15) is 35.1 Å². The average Bonchev–Trinajstić information content (AvgIpc) is 1.45. The van der Waals surface area contributed by atoms with Crippen molar-refractivity contribution in [2.75, 3.05) is 46.1 Å². The molecule has 4 aromatic rings. The highest BCUT2D eigenvalue weighted by molar-refractivity contribution is 5.96. The minimum atomic E-state index is -2.30. The third-order valence-corrected chi connectivity index (χ3v) is 18.4. The smallest absolute Gasteiger partial charge is 0.246 e. The number of hydrogen-bond donors (Lipinski definition) is 23. The number of carbonyl (C=O) groups excluding carboxylic acids is 5. The van der Waals surface area contributed by atoms with E-state index in [0.717, 1.165) is 21.6 Å². The summed E-state index contributed by atoms with van der Waals surface area (Å²) in [6.45, 7) is -2.15. The number of guanidine groups is 2. The van der Waals surface area contributed by atoms with Crippen molar-refractivity contribution in [3.8, 4) is 5.75 Å². The molecule has 20 unspecified atom stereocenters. The Hall–Kier alpha value is -8.25. The number of aliphatic hydroxyl groups is 13. The zero-order valence-electron chi connectivity index (χ0n) is 55.0. The third kappa shape index (κ3) is 18.4. The first-order valence-electron chi connectivity index (χ1n) is 32.9. The van der Waals surface area contributed by atoms with E-state index in [1.54, 1.807) is 37.3 Å². The maximum absolute atomic E-state index is 15.0. The van der Waals surface area contributed by atoms with E-state index in [2.05, 4.69) is 37.2 Å². The summed E-state index contributed by atoms with van der Waals surface area (Å²) in [4.78, 5) is 71.1. The van der Waals surface area contributed by atoms with Gasteiger partial charge in [-0.25, -0.2) is 0 Å². The van der Waals surface area contributed by atoms with Crippen molar-refractivity contribution >= 4 is 47.4 Å². The minimum absolute atomic E-state index is 0.0214. The summed E-state index contributed by atoms with van der Waals surface area (Å²) in [5.41, 5.74) is 10.1. The molecule has 9 rings (SSSR count). The lowest BCUT2D eigenvalue weighted by atomic mass is 9.93. The van der Waals surface area contributed by atoms with E-state index in [4.69, 9.17) is 45.0 Å². The standard InChI is InChI=1S/C67H88N11O24/c1-31(33-11-5-2-6-12-33)45(68)60(94)74-39(59(93)76-46(48(83)40-24-71-66(69)75-40)62(96)77-47(61(95)73-36(26-79)27-80)49(84)41-25-72-67(70)78(41)63-55(90)52(87)50(85)42(28-81)99-63)23-32-17-19-37(20-18-32)98-64-57(92)54(89)58(43(29-82)100-64)102-65-56(91)53(88)51(86)44(101-65)30-97-22-21-38(34-13-7-3-8-14-34)35-15-9-4-10-16-35/h2-21,31,36,39-58,63-65,79,81-92H,22-26,28-30,68H2,1H3,(H2,70,72)(H,73,95)(H,74,94)(H,76,93)(H,77,96)(H3,69,71,75)/t31?,36-,39-,40?,41?,42?,43?,44?,45-,46-,47-,48?,49?,50?,51?,52?,53?,54?,55?,56?,57?,58?,63?,64?,65?/m0/s1. The quantitative estimate of drug-likeness (QED) is 0.0208. The number of amides is 4. The van der Waals surface area contributed by atoms with Crippen molar-refractivity contribution in [3.05, 3.63) is 144 Å². The van der Waals surface area contributed by atoms with Gasteiger partial charge in [0.1, 0.15) is 115 Å². The van der Waals surface area contributed by atoms with Crippen LogP contribution in [0.25, 0.3) is 5.57 Å². The Morgan fingerprint density at radius 2 is 1.22 bits per heavy atom. The van der Waals surface area contributed by atoms with Gasteiger partial charge in [-0.2, -0.15) is 0 Å². The van der Waals surface area contributed by atoms with Crippen molar-refractivity contribution < 1.29 is 119 Å². The molecule has 35 heteroatoms. The van der Waals surface area contributed by atoms with Gasteiger partial charge in [0.2, 0.25) is 36.2 Å². The van der Waals surface area contributed by atoms with E-state index in [0.29, 0.717) is 5.56 Å². The molecule has 5 fully saturated rings. The second-order valence-corrected chi connectivity index (χ2v) is 25.2.